The molecule has 2 aromatic heterocycles. The number of carbonyl (C=O) groups excluding carboxylic acids is 1. The summed E-state index contributed by atoms with van der Waals surface area (Å²) < 4.78 is 5.47. The molecule has 7 nitrogen and oxygen atoms in total. The van der Waals surface area contributed by atoms with Gasteiger partial charge in [0.2, 0.25) is 0 Å². The number of aromatic nitrogens is 3. The summed E-state index contributed by atoms with van der Waals surface area (Å²) in [6.45, 7) is 4.95. The lowest BCUT2D eigenvalue weighted by Gasteiger charge is -2.28. The molecule has 0 bridgehead atoms. The van der Waals surface area contributed by atoms with Crippen molar-refractivity contribution >= 4 is 22.5 Å². The summed E-state index contributed by atoms with van der Waals surface area (Å²) in [6.07, 6.45) is 3.53. The number of amides is 1. The summed E-state index contributed by atoms with van der Waals surface area (Å²) in [6, 6.07) is 18.2. The van der Waals surface area contributed by atoms with Crippen LogP contribution < -0.4 is 10.2 Å². The van der Waals surface area contributed by atoms with E-state index in [1.807, 2.05) is 37.3 Å². The number of hydrogen-bond donors (Lipinski definition) is 1. The Hall–Kier alpha value is -3.84. The van der Waals surface area contributed by atoms with E-state index in [0.717, 1.165) is 22.1 Å². The summed E-state index contributed by atoms with van der Waals surface area (Å²) in [5, 5.41) is 14.3. The predicted octanol–water partition coefficient (Wildman–Crippen LogP) is 3.77. The van der Waals surface area contributed by atoms with E-state index in [2.05, 4.69) is 49.7 Å². The average molecular weight is 440 g/mol. The van der Waals surface area contributed by atoms with Gasteiger partial charge in [0.1, 0.15) is 0 Å². The number of benzene rings is 2. The maximum absolute atomic E-state index is 13.3. The molecule has 0 aliphatic carbocycles. The molecule has 2 aromatic carbocycles. The van der Waals surface area contributed by atoms with Crippen molar-refractivity contribution in [2.75, 3.05) is 31.2 Å². The van der Waals surface area contributed by atoms with Crippen LogP contribution in [0.2, 0.25) is 0 Å². The van der Waals surface area contributed by atoms with Gasteiger partial charge in [-0.05, 0) is 47.0 Å². The molecule has 0 unspecified atom stereocenters. The Morgan fingerprint density at radius 1 is 1.00 bits per heavy atom. The van der Waals surface area contributed by atoms with Crippen molar-refractivity contribution in [3.63, 3.8) is 0 Å². The Morgan fingerprint density at radius 3 is 2.64 bits per heavy atom. The molecule has 1 fully saturated rings. The van der Waals surface area contributed by atoms with E-state index in [0.29, 0.717) is 49.9 Å². The molecule has 0 spiro atoms. The van der Waals surface area contributed by atoms with E-state index >= 15 is 0 Å². The monoisotopic (exact) mass is 439 g/mol. The lowest BCUT2D eigenvalue weighted by molar-refractivity contribution is 0.0948. The highest BCUT2D eigenvalue weighted by Gasteiger charge is 2.22. The van der Waals surface area contributed by atoms with Gasteiger partial charge in [-0.15, -0.1) is 10.2 Å². The van der Waals surface area contributed by atoms with E-state index in [-0.39, 0.29) is 5.91 Å². The Balaban J connectivity index is 1.43. The van der Waals surface area contributed by atoms with Crippen LogP contribution in [0.3, 0.4) is 0 Å². The Morgan fingerprint density at radius 2 is 1.82 bits per heavy atom. The van der Waals surface area contributed by atoms with Crippen LogP contribution >= 0.6 is 0 Å². The molecule has 1 aliphatic rings. The molecule has 33 heavy (non-hydrogen) atoms. The van der Waals surface area contributed by atoms with Crippen molar-refractivity contribution in [3.8, 4) is 11.3 Å². The van der Waals surface area contributed by atoms with E-state index < -0.39 is 0 Å². The number of anilines is 1. The van der Waals surface area contributed by atoms with Crippen LogP contribution in [0.4, 0.5) is 5.82 Å². The minimum absolute atomic E-state index is 0.179. The molecule has 4 aromatic rings. The normalized spacial score (nSPS) is 13.8. The SMILES string of the molecule is Cc1cncc(-c2cc(C(=O)NCc3ccc4ccccc4c3)c(N3CCOCC3)nn2)c1. The minimum atomic E-state index is -0.179. The quantitative estimate of drug-likeness (QED) is 0.510. The van der Waals surface area contributed by atoms with E-state index in [1.165, 1.54) is 5.39 Å². The van der Waals surface area contributed by atoms with E-state index in [1.54, 1.807) is 12.4 Å². The van der Waals surface area contributed by atoms with Crippen molar-refractivity contribution < 1.29 is 9.53 Å². The third-order valence-electron chi connectivity index (χ3n) is 5.77. The number of hydrogen-bond acceptors (Lipinski definition) is 6. The lowest BCUT2D eigenvalue weighted by atomic mass is 10.1. The van der Waals surface area contributed by atoms with Gasteiger partial charge in [-0.1, -0.05) is 36.4 Å². The summed E-state index contributed by atoms with van der Waals surface area (Å²) in [5.74, 6) is 0.403. The largest absolute Gasteiger partial charge is 0.378 e. The summed E-state index contributed by atoms with van der Waals surface area (Å²) in [7, 11) is 0. The second-order valence-electron chi connectivity index (χ2n) is 8.18. The van der Waals surface area contributed by atoms with Crippen molar-refractivity contribution in [1.29, 1.82) is 0 Å². The summed E-state index contributed by atoms with van der Waals surface area (Å²) in [4.78, 5) is 19.7. The van der Waals surface area contributed by atoms with Gasteiger partial charge >= 0.3 is 0 Å². The zero-order chi connectivity index (χ0) is 22.6. The van der Waals surface area contributed by atoms with Gasteiger partial charge in [0.25, 0.3) is 5.91 Å². The average Bonchev–Trinajstić information content (AvgIpc) is 2.87. The fourth-order valence-electron chi connectivity index (χ4n) is 4.02. The van der Waals surface area contributed by atoms with Gasteiger partial charge in [-0.25, -0.2) is 0 Å². The first-order valence-corrected chi connectivity index (χ1v) is 11.1. The van der Waals surface area contributed by atoms with Crippen LogP contribution in [-0.4, -0.2) is 47.4 Å². The molecule has 166 valence electrons. The number of carbonyl (C=O) groups is 1. The third-order valence-corrected chi connectivity index (χ3v) is 5.77. The Kier molecular flexibility index (Phi) is 5.95. The number of morpholine rings is 1. The molecule has 5 rings (SSSR count). The van der Waals surface area contributed by atoms with Crippen LogP contribution in [-0.2, 0) is 11.3 Å². The van der Waals surface area contributed by atoms with Crippen LogP contribution in [0.25, 0.3) is 22.0 Å². The first-order chi connectivity index (χ1) is 16.2. The number of nitrogens with zero attached hydrogens (tertiary/aromatic N) is 4. The topological polar surface area (TPSA) is 80.2 Å². The molecule has 0 saturated carbocycles. The number of nitrogens with one attached hydrogen (secondary N) is 1. The maximum atomic E-state index is 13.3. The highest BCUT2D eigenvalue weighted by Crippen LogP contribution is 2.24. The fourth-order valence-corrected chi connectivity index (χ4v) is 4.02. The van der Waals surface area contributed by atoms with Crippen molar-refractivity contribution in [2.24, 2.45) is 0 Å². The number of ether oxygens (including phenoxy) is 1. The standard InChI is InChI=1S/C26H25N5O2/c1-18-12-22(17-27-15-18)24-14-23(25(30-29-24)31-8-10-33-11-9-31)26(32)28-16-19-6-7-20-4-2-3-5-21(20)13-19/h2-7,12-15,17H,8-11,16H2,1H3,(H,28,32). The first-order valence-electron chi connectivity index (χ1n) is 11.1. The smallest absolute Gasteiger partial charge is 0.255 e. The van der Waals surface area contributed by atoms with Crippen molar-refractivity contribution in [3.05, 3.63) is 83.7 Å². The first kappa shape index (κ1) is 21.0. The molecule has 1 amide bonds. The van der Waals surface area contributed by atoms with E-state index in [4.69, 9.17) is 4.74 Å². The van der Waals surface area contributed by atoms with E-state index in [9.17, 15) is 4.79 Å². The number of rotatable bonds is 5. The summed E-state index contributed by atoms with van der Waals surface area (Å²) >= 11 is 0. The Labute approximate surface area is 192 Å². The fraction of sp³-hybridized carbons (Fsp3) is 0.231. The minimum Gasteiger partial charge on any atom is -0.378 e. The zero-order valence-electron chi connectivity index (χ0n) is 18.5. The van der Waals surface area contributed by atoms with Crippen LogP contribution in [0.15, 0.2) is 67.0 Å². The molecule has 1 aliphatic heterocycles. The molecular weight excluding hydrogens is 414 g/mol. The second kappa shape index (κ2) is 9.34. The Bertz CT molecular complexity index is 1300. The van der Waals surface area contributed by atoms with Gasteiger partial charge in [0.05, 0.1) is 24.5 Å². The maximum Gasteiger partial charge on any atom is 0.255 e. The van der Waals surface area contributed by atoms with Crippen molar-refractivity contribution in [1.82, 2.24) is 20.5 Å². The van der Waals surface area contributed by atoms with Gasteiger partial charge in [0.15, 0.2) is 5.82 Å². The number of fused-ring (bicyclic) bond motifs is 1. The highest BCUT2D eigenvalue weighted by atomic mass is 16.5. The molecule has 0 radical (unpaired) electrons. The van der Waals surface area contributed by atoms with Crippen molar-refractivity contribution in [2.45, 2.75) is 13.5 Å². The highest BCUT2D eigenvalue weighted by molar-refractivity contribution is 5.99. The summed E-state index contributed by atoms with van der Waals surface area (Å²) in [5.41, 5.74) is 4.02. The van der Waals surface area contributed by atoms with Gasteiger partial charge in [-0.2, -0.15) is 0 Å². The molecule has 1 saturated heterocycles. The predicted molar refractivity (Wildman–Crippen MR) is 128 cm³/mol. The van der Waals surface area contributed by atoms with Crippen LogP contribution in [0.1, 0.15) is 21.5 Å². The van der Waals surface area contributed by atoms with Gasteiger partial charge in [-0.3, -0.25) is 9.78 Å². The lowest BCUT2D eigenvalue weighted by Crippen LogP contribution is -2.38. The molecule has 7 heteroatoms. The zero-order valence-corrected chi connectivity index (χ0v) is 18.5. The van der Waals surface area contributed by atoms with Gasteiger partial charge in [0, 0.05) is 37.6 Å². The van der Waals surface area contributed by atoms with Crippen LogP contribution in [0, 0.1) is 6.92 Å². The number of pyridine rings is 1. The van der Waals surface area contributed by atoms with Gasteiger partial charge < -0.3 is 15.0 Å². The third kappa shape index (κ3) is 4.68. The molecule has 3 heterocycles. The van der Waals surface area contributed by atoms with Crippen LogP contribution in [0.5, 0.6) is 0 Å². The molecule has 1 N–H and O–H groups in total. The molecule has 0 atom stereocenters. The number of aryl methyl sites for hydroxylation is 1. The second-order valence-corrected chi connectivity index (χ2v) is 8.18. The molecular formula is C26H25N5O2.